The van der Waals surface area contributed by atoms with Crippen LogP contribution >= 0.6 is 0 Å². The molecule has 0 heterocycles. The van der Waals surface area contributed by atoms with E-state index in [0.717, 1.165) is 5.76 Å². The molecule has 0 aliphatic heterocycles. The van der Waals surface area contributed by atoms with Crippen LogP contribution in [0.25, 0.3) is 6.08 Å². The number of aryl methyl sites for hydroxylation is 4. The van der Waals surface area contributed by atoms with Gasteiger partial charge in [-0.2, -0.15) is 0 Å². The van der Waals surface area contributed by atoms with Crippen molar-refractivity contribution in [3.63, 3.8) is 0 Å². The summed E-state index contributed by atoms with van der Waals surface area (Å²) in [6, 6.07) is 23.5. The second-order valence-electron chi connectivity index (χ2n) is 11.2. The minimum absolute atomic E-state index is 0.0691. The van der Waals surface area contributed by atoms with Crippen molar-refractivity contribution in [2.75, 3.05) is 7.11 Å². The first-order valence-corrected chi connectivity index (χ1v) is 14.6. The number of allylic oxidation sites excluding steroid dienone is 1. The van der Waals surface area contributed by atoms with Gasteiger partial charge in [-0.05, 0) is 92.6 Å². The van der Waals surface area contributed by atoms with Crippen LogP contribution in [0.3, 0.4) is 0 Å². The van der Waals surface area contributed by atoms with E-state index in [1.165, 1.54) is 63.0 Å². The molecule has 0 aromatic heterocycles. The molecule has 0 bridgehead atoms. The quantitative estimate of drug-likeness (QED) is 0.496. The molecule has 2 nitrogen and oxygen atoms in total. The summed E-state index contributed by atoms with van der Waals surface area (Å²) in [7, 11) is -0.761. The number of ether oxygens (including phenoxy) is 1. The summed E-state index contributed by atoms with van der Waals surface area (Å²) in [5, 5.41) is 2.80. The first-order valence-electron chi connectivity index (χ1n) is 12.6. The Labute approximate surface area is 206 Å². The van der Waals surface area contributed by atoms with Gasteiger partial charge in [0.05, 0.1) is 12.7 Å². The zero-order valence-electron chi connectivity index (χ0n) is 21.5. The molecule has 176 valence electrons. The predicted molar refractivity (Wildman–Crippen MR) is 146 cm³/mol. The molecule has 1 unspecified atom stereocenters. The zero-order chi connectivity index (χ0) is 24.1. The van der Waals surface area contributed by atoms with E-state index >= 15 is 0 Å². The molecular formula is C31H37NOSi. The third kappa shape index (κ3) is 3.95. The number of hydrogen-bond acceptors (Lipinski definition) is 2. The average molecular weight is 468 g/mol. The highest BCUT2D eigenvalue weighted by atomic mass is 28.3. The number of benzene rings is 3. The van der Waals surface area contributed by atoms with Gasteiger partial charge < -0.3 is 9.72 Å². The molecule has 0 radical (unpaired) electrons. The number of nitrogens with one attached hydrogen (secondary N) is 1. The normalized spacial score (nSPS) is 17.4. The lowest BCUT2D eigenvalue weighted by atomic mass is 10.0. The number of rotatable bonds is 5. The van der Waals surface area contributed by atoms with Crippen molar-refractivity contribution < 1.29 is 4.74 Å². The van der Waals surface area contributed by atoms with Crippen LogP contribution in [0.2, 0.25) is 0 Å². The largest absolute Gasteiger partial charge is 0.501 e. The first kappa shape index (κ1) is 23.1. The lowest BCUT2D eigenvalue weighted by Gasteiger charge is -2.44. The van der Waals surface area contributed by atoms with Gasteiger partial charge in [0, 0.05) is 5.54 Å². The Bertz CT molecular complexity index is 1190. The molecule has 3 aromatic carbocycles. The van der Waals surface area contributed by atoms with E-state index in [-0.39, 0.29) is 11.1 Å². The smallest absolute Gasteiger partial charge is 0.205 e. The summed E-state index contributed by atoms with van der Waals surface area (Å²) in [4.78, 5) is 4.27. The third-order valence-corrected chi connectivity index (χ3v) is 12.5. The Morgan fingerprint density at radius 1 is 0.824 bits per heavy atom. The first-order chi connectivity index (χ1) is 16.2. The van der Waals surface area contributed by atoms with Gasteiger partial charge in [-0.25, -0.2) is 0 Å². The fourth-order valence-corrected chi connectivity index (χ4v) is 11.3. The number of methoxy groups -OCH3 is 1. The van der Waals surface area contributed by atoms with Crippen LogP contribution in [0.15, 0.2) is 66.4 Å². The molecule has 2 aliphatic carbocycles. The molecule has 0 saturated carbocycles. The van der Waals surface area contributed by atoms with Crippen LogP contribution in [-0.4, -0.2) is 20.9 Å². The Hall–Kier alpha value is -2.62. The fraction of sp³-hybridized carbons (Fsp3) is 0.355. The van der Waals surface area contributed by atoms with Gasteiger partial charge in [0.2, 0.25) is 8.24 Å². The van der Waals surface area contributed by atoms with Gasteiger partial charge in [0.1, 0.15) is 5.76 Å². The van der Waals surface area contributed by atoms with Crippen molar-refractivity contribution >= 4 is 24.7 Å². The Kier molecular flexibility index (Phi) is 5.82. The van der Waals surface area contributed by atoms with Gasteiger partial charge in [-0.15, -0.1) is 0 Å². The van der Waals surface area contributed by atoms with E-state index in [1.54, 1.807) is 0 Å². The van der Waals surface area contributed by atoms with E-state index in [1.807, 2.05) is 7.11 Å². The molecule has 2 aliphatic rings. The standard InChI is InChI=1S/C31H37NOSi/c1-21-10-14-26(15-11-21)34(32-31(3,4)5,27-16-12-22(2)13-17-27)30-28-19-24-9-7-8-23(24)18-25(28)20-29(30)33-6/h10-20,30,32H,7-9H2,1-6H3. The van der Waals surface area contributed by atoms with Gasteiger partial charge in [0.25, 0.3) is 0 Å². The molecular weight excluding hydrogens is 430 g/mol. The molecule has 0 spiro atoms. The Morgan fingerprint density at radius 3 is 1.85 bits per heavy atom. The Balaban J connectivity index is 1.83. The number of fused-ring (bicyclic) bond motifs is 2. The van der Waals surface area contributed by atoms with Gasteiger partial charge >= 0.3 is 0 Å². The van der Waals surface area contributed by atoms with Crippen LogP contribution in [0, 0.1) is 13.8 Å². The Morgan fingerprint density at radius 2 is 1.35 bits per heavy atom. The average Bonchev–Trinajstić information content (AvgIpc) is 3.40. The summed E-state index contributed by atoms with van der Waals surface area (Å²) < 4.78 is 6.20. The molecule has 1 N–H and O–H groups in total. The molecule has 1 atom stereocenters. The van der Waals surface area contributed by atoms with Gasteiger partial charge in [0.15, 0.2) is 0 Å². The highest BCUT2D eigenvalue weighted by Gasteiger charge is 2.52. The lowest BCUT2D eigenvalue weighted by Crippen LogP contribution is -2.76. The summed E-state index contributed by atoms with van der Waals surface area (Å²) >= 11 is 0. The monoisotopic (exact) mass is 467 g/mol. The molecule has 34 heavy (non-hydrogen) atoms. The topological polar surface area (TPSA) is 21.3 Å². The lowest BCUT2D eigenvalue weighted by molar-refractivity contribution is 0.284. The van der Waals surface area contributed by atoms with Crippen molar-refractivity contribution in [3.8, 4) is 0 Å². The van der Waals surface area contributed by atoms with Crippen molar-refractivity contribution in [2.45, 2.75) is 65.0 Å². The summed E-state index contributed by atoms with van der Waals surface area (Å²) in [5.41, 5.74) is 8.51. The third-order valence-electron chi connectivity index (χ3n) is 7.45. The zero-order valence-corrected chi connectivity index (χ0v) is 22.5. The molecule has 0 fully saturated rings. The minimum atomic E-state index is -2.61. The van der Waals surface area contributed by atoms with E-state index in [2.05, 4.69) is 106 Å². The second-order valence-corrected chi connectivity index (χ2v) is 14.8. The SMILES string of the molecule is COC1=Cc2cc3c(cc2C1[Si](NC(C)(C)C)(c1ccc(C)cc1)c1ccc(C)cc1)CCC3. The van der Waals surface area contributed by atoms with E-state index < -0.39 is 8.24 Å². The highest BCUT2D eigenvalue weighted by molar-refractivity contribution is 7.02. The maximum Gasteiger partial charge on any atom is 0.205 e. The van der Waals surface area contributed by atoms with Crippen molar-refractivity contribution in [2.24, 2.45) is 0 Å². The highest BCUT2D eigenvalue weighted by Crippen LogP contribution is 2.44. The summed E-state index contributed by atoms with van der Waals surface area (Å²) in [6.07, 6.45) is 5.96. The van der Waals surface area contributed by atoms with E-state index in [9.17, 15) is 0 Å². The van der Waals surface area contributed by atoms with Crippen molar-refractivity contribution in [3.05, 3.63) is 99.8 Å². The van der Waals surface area contributed by atoms with Crippen LogP contribution in [0.5, 0.6) is 0 Å². The van der Waals surface area contributed by atoms with Crippen molar-refractivity contribution in [1.29, 1.82) is 0 Å². The predicted octanol–water partition coefficient (Wildman–Crippen LogP) is 5.56. The molecule has 5 rings (SSSR count). The van der Waals surface area contributed by atoms with E-state index in [0.29, 0.717) is 0 Å². The van der Waals surface area contributed by atoms with Crippen LogP contribution < -0.4 is 15.4 Å². The van der Waals surface area contributed by atoms with Crippen LogP contribution in [-0.2, 0) is 17.6 Å². The molecule has 3 heteroatoms. The maximum absolute atomic E-state index is 6.20. The second kappa shape index (κ2) is 8.55. The van der Waals surface area contributed by atoms with Crippen LogP contribution in [0.1, 0.15) is 66.1 Å². The molecule has 0 amide bonds. The molecule has 0 saturated heterocycles. The van der Waals surface area contributed by atoms with Crippen molar-refractivity contribution in [1.82, 2.24) is 4.98 Å². The minimum Gasteiger partial charge on any atom is -0.501 e. The molecule has 3 aromatic rings. The van der Waals surface area contributed by atoms with E-state index in [4.69, 9.17) is 4.74 Å². The van der Waals surface area contributed by atoms with Gasteiger partial charge in [-0.1, -0.05) is 71.8 Å². The van der Waals surface area contributed by atoms with Crippen LogP contribution in [0.4, 0.5) is 0 Å². The fourth-order valence-electron chi connectivity index (χ4n) is 5.99. The van der Waals surface area contributed by atoms with Gasteiger partial charge in [-0.3, -0.25) is 0 Å². The summed E-state index contributed by atoms with van der Waals surface area (Å²) in [5.74, 6) is 1.09. The summed E-state index contributed by atoms with van der Waals surface area (Å²) in [6.45, 7) is 11.2. The maximum atomic E-state index is 6.20. The number of hydrogen-bond donors (Lipinski definition) is 1.